The molecule has 0 aliphatic heterocycles. The first-order valence-electron chi connectivity index (χ1n) is 7.16. The average Bonchev–Trinajstić information content (AvgIpc) is 2.48. The summed E-state index contributed by atoms with van der Waals surface area (Å²) in [7, 11) is 3.42. The third-order valence-electron chi connectivity index (χ3n) is 3.47. The number of benzene rings is 1. The van der Waals surface area contributed by atoms with Gasteiger partial charge in [-0.25, -0.2) is 0 Å². The maximum absolute atomic E-state index is 9.84. The van der Waals surface area contributed by atoms with Crippen LogP contribution in [0.2, 0.25) is 0 Å². The fraction of sp³-hybridized carbons (Fsp3) is 0.625. The lowest BCUT2D eigenvalue weighted by Crippen LogP contribution is -2.38. The number of aliphatic hydroxyl groups excluding tert-OH is 1. The van der Waals surface area contributed by atoms with Gasteiger partial charge in [0, 0.05) is 32.5 Å². The molecule has 1 aromatic rings. The Morgan fingerprint density at radius 2 is 1.80 bits per heavy atom. The van der Waals surface area contributed by atoms with Crippen LogP contribution in [0.15, 0.2) is 24.3 Å². The Hall–Kier alpha value is -1.10. The normalized spacial score (nSPS) is 14.1. The number of anilines is 1. The molecule has 0 saturated carbocycles. The van der Waals surface area contributed by atoms with Crippen LogP contribution in [0.4, 0.5) is 5.69 Å². The smallest absolute Gasteiger partial charge is 0.0787 e. The van der Waals surface area contributed by atoms with Crippen molar-refractivity contribution in [2.24, 2.45) is 0 Å². The molecule has 1 unspecified atom stereocenters. The summed E-state index contributed by atoms with van der Waals surface area (Å²) in [5.74, 6) is 0. The minimum Gasteiger partial charge on any atom is -0.388 e. The zero-order valence-corrected chi connectivity index (χ0v) is 13.0. The number of nitrogens with zero attached hydrogens (tertiary/aromatic N) is 1. The molecule has 114 valence electrons. The van der Waals surface area contributed by atoms with Gasteiger partial charge in [0.1, 0.15) is 0 Å². The van der Waals surface area contributed by atoms with Crippen LogP contribution in [0.25, 0.3) is 0 Å². The minimum absolute atomic E-state index is 0.275. The Morgan fingerprint density at radius 3 is 2.30 bits per heavy atom. The number of rotatable bonds is 9. The van der Waals surface area contributed by atoms with Crippen LogP contribution < -0.4 is 4.90 Å². The van der Waals surface area contributed by atoms with E-state index in [1.165, 1.54) is 0 Å². The Morgan fingerprint density at radius 1 is 1.15 bits per heavy atom. The van der Waals surface area contributed by atoms with Gasteiger partial charge in [0.2, 0.25) is 0 Å². The molecule has 0 aliphatic carbocycles. The van der Waals surface area contributed by atoms with E-state index in [-0.39, 0.29) is 12.1 Å². The van der Waals surface area contributed by atoms with Crippen molar-refractivity contribution in [1.82, 2.24) is 0 Å². The first-order chi connectivity index (χ1) is 9.63. The van der Waals surface area contributed by atoms with Gasteiger partial charge in [-0.1, -0.05) is 19.1 Å². The molecule has 1 aromatic carbocycles. The SMILES string of the molecule is CC[C@H](O)c1ccc(N(CCOC)C(C)COC)cc1. The van der Waals surface area contributed by atoms with E-state index < -0.39 is 0 Å². The molecule has 1 rings (SSSR count). The largest absolute Gasteiger partial charge is 0.388 e. The van der Waals surface area contributed by atoms with Crippen molar-refractivity contribution in [3.05, 3.63) is 29.8 Å². The van der Waals surface area contributed by atoms with Crippen molar-refractivity contribution in [3.63, 3.8) is 0 Å². The molecule has 1 N–H and O–H groups in total. The van der Waals surface area contributed by atoms with Gasteiger partial charge in [0.15, 0.2) is 0 Å². The Balaban J connectivity index is 2.84. The van der Waals surface area contributed by atoms with Gasteiger partial charge >= 0.3 is 0 Å². The van der Waals surface area contributed by atoms with Crippen LogP contribution in [0, 0.1) is 0 Å². The molecule has 2 atom stereocenters. The van der Waals surface area contributed by atoms with Crippen LogP contribution in [-0.4, -0.2) is 45.1 Å². The predicted octanol–water partition coefficient (Wildman–Crippen LogP) is 2.62. The van der Waals surface area contributed by atoms with Crippen LogP contribution in [0.5, 0.6) is 0 Å². The van der Waals surface area contributed by atoms with E-state index in [2.05, 4.69) is 24.0 Å². The molecule has 20 heavy (non-hydrogen) atoms. The number of aliphatic hydroxyl groups is 1. The van der Waals surface area contributed by atoms with Crippen molar-refractivity contribution in [2.75, 3.05) is 38.9 Å². The molecule has 0 amide bonds. The summed E-state index contributed by atoms with van der Waals surface area (Å²) < 4.78 is 10.4. The number of hydrogen-bond donors (Lipinski definition) is 1. The van der Waals surface area contributed by atoms with Crippen molar-refractivity contribution >= 4 is 5.69 Å². The quantitative estimate of drug-likeness (QED) is 0.755. The summed E-state index contributed by atoms with van der Waals surface area (Å²) in [5.41, 5.74) is 2.08. The second-order valence-corrected chi connectivity index (χ2v) is 5.01. The Labute approximate surface area is 122 Å². The third-order valence-corrected chi connectivity index (χ3v) is 3.47. The van der Waals surface area contributed by atoms with E-state index in [4.69, 9.17) is 9.47 Å². The van der Waals surface area contributed by atoms with E-state index in [1.54, 1.807) is 14.2 Å². The van der Waals surface area contributed by atoms with Crippen molar-refractivity contribution in [2.45, 2.75) is 32.4 Å². The number of ether oxygens (including phenoxy) is 2. The first kappa shape index (κ1) is 17.0. The van der Waals surface area contributed by atoms with Gasteiger partial charge in [0.05, 0.1) is 19.3 Å². The molecule has 0 spiro atoms. The summed E-state index contributed by atoms with van der Waals surface area (Å²) in [6.07, 6.45) is 0.347. The van der Waals surface area contributed by atoms with Gasteiger partial charge in [-0.2, -0.15) is 0 Å². The molecule has 0 bridgehead atoms. The summed E-state index contributed by atoms with van der Waals surface area (Å²) in [6, 6.07) is 8.36. The number of methoxy groups -OCH3 is 2. The van der Waals surface area contributed by atoms with Gasteiger partial charge in [-0.15, -0.1) is 0 Å². The topological polar surface area (TPSA) is 41.9 Å². The molecule has 4 heteroatoms. The summed E-state index contributed by atoms with van der Waals surface area (Å²) in [4.78, 5) is 2.26. The van der Waals surface area contributed by atoms with Crippen LogP contribution in [0.1, 0.15) is 31.9 Å². The van der Waals surface area contributed by atoms with E-state index in [0.717, 1.165) is 24.2 Å². The predicted molar refractivity (Wildman–Crippen MR) is 82.3 cm³/mol. The van der Waals surface area contributed by atoms with Crippen LogP contribution in [-0.2, 0) is 9.47 Å². The lowest BCUT2D eigenvalue weighted by Gasteiger charge is -2.31. The Kier molecular flexibility index (Phi) is 7.59. The molecule has 4 nitrogen and oxygen atoms in total. The van der Waals surface area contributed by atoms with E-state index >= 15 is 0 Å². The van der Waals surface area contributed by atoms with Crippen molar-refractivity contribution < 1.29 is 14.6 Å². The van der Waals surface area contributed by atoms with Crippen molar-refractivity contribution in [3.8, 4) is 0 Å². The molecular formula is C16H27NO3. The highest BCUT2D eigenvalue weighted by Crippen LogP contribution is 2.22. The maximum Gasteiger partial charge on any atom is 0.0787 e. The molecule has 0 saturated heterocycles. The lowest BCUT2D eigenvalue weighted by atomic mass is 10.1. The molecule has 0 radical (unpaired) electrons. The van der Waals surface area contributed by atoms with Crippen molar-refractivity contribution in [1.29, 1.82) is 0 Å². The monoisotopic (exact) mass is 281 g/mol. The molecule has 0 fully saturated rings. The number of hydrogen-bond acceptors (Lipinski definition) is 4. The second-order valence-electron chi connectivity index (χ2n) is 5.01. The van der Waals surface area contributed by atoms with Gasteiger partial charge in [-0.05, 0) is 31.0 Å². The second kappa shape index (κ2) is 8.95. The summed E-state index contributed by atoms with van der Waals surface area (Å²) in [5, 5.41) is 9.84. The first-order valence-corrected chi connectivity index (χ1v) is 7.16. The standard InChI is InChI=1S/C16H27NO3/c1-5-16(18)14-6-8-15(9-7-14)17(10-11-19-3)13(2)12-20-4/h6-9,13,16,18H,5,10-12H2,1-4H3/t13?,16-/m0/s1. The molecule has 0 aromatic heterocycles. The highest BCUT2D eigenvalue weighted by Gasteiger charge is 2.15. The van der Waals surface area contributed by atoms with Crippen LogP contribution >= 0.6 is 0 Å². The average molecular weight is 281 g/mol. The van der Waals surface area contributed by atoms with E-state index in [0.29, 0.717) is 13.2 Å². The highest BCUT2D eigenvalue weighted by atomic mass is 16.5. The molecular weight excluding hydrogens is 254 g/mol. The van der Waals surface area contributed by atoms with Gasteiger partial charge in [0.25, 0.3) is 0 Å². The van der Waals surface area contributed by atoms with E-state index in [1.807, 2.05) is 19.1 Å². The fourth-order valence-electron chi connectivity index (χ4n) is 2.25. The minimum atomic E-state index is -0.382. The highest BCUT2D eigenvalue weighted by molar-refractivity contribution is 5.48. The van der Waals surface area contributed by atoms with Gasteiger partial charge < -0.3 is 19.5 Å². The third kappa shape index (κ3) is 4.78. The lowest BCUT2D eigenvalue weighted by molar-refractivity contribution is 0.170. The zero-order chi connectivity index (χ0) is 15.0. The van der Waals surface area contributed by atoms with E-state index in [9.17, 15) is 5.11 Å². The molecule has 0 heterocycles. The zero-order valence-electron chi connectivity index (χ0n) is 13.0. The Bertz CT molecular complexity index is 366. The maximum atomic E-state index is 9.84. The molecule has 0 aliphatic rings. The van der Waals surface area contributed by atoms with Crippen LogP contribution in [0.3, 0.4) is 0 Å². The van der Waals surface area contributed by atoms with Gasteiger partial charge in [-0.3, -0.25) is 0 Å². The summed E-state index contributed by atoms with van der Waals surface area (Å²) >= 11 is 0. The summed E-state index contributed by atoms with van der Waals surface area (Å²) in [6.45, 7) is 6.27. The fourth-order valence-corrected chi connectivity index (χ4v) is 2.25.